The van der Waals surface area contributed by atoms with Crippen LogP contribution in [0, 0.1) is 16.0 Å². The van der Waals surface area contributed by atoms with Crippen molar-refractivity contribution in [3.05, 3.63) is 10.1 Å². The minimum Gasteiger partial charge on any atom is -0.314 e. The third-order valence-corrected chi connectivity index (χ3v) is 2.68. The molecule has 0 aromatic heterocycles. The van der Waals surface area contributed by atoms with Crippen LogP contribution in [0.15, 0.2) is 0 Å². The van der Waals surface area contributed by atoms with Gasteiger partial charge in [-0.05, 0) is 12.3 Å². The Bertz CT molecular complexity index is 155. The Balaban J connectivity index is 1.86. The van der Waals surface area contributed by atoms with Gasteiger partial charge in [0.15, 0.2) is 0 Å². The smallest absolute Gasteiger partial charge is 0.294 e. The zero-order valence-corrected chi connectivity index (χ0v) is 7.91. The van der Waals surface area contributed by atoms with Gasteiger partial charge in [-0.3, -0.25) is 0 Å². The number of rotatable bonds is 6. The maximum absolute atomic E-state index is 9.80. The van der Waals surface area contributed by atoms with Gasteiger partial charge < -0.3 is 4.84 Å². The van der Waals surface area contributed by atoms with Crippen molar-refractivity contribution in [2.75, 3.05) is 6.61 Å². The Morgan fingerprint density at radius 3 is 2.62 bits per heavy atom. The van der Waals surface area contributed by atoms with Gasteiger partial charge in [-0.15, -0.1) is 10.1 Å². The Hall–Kier alpha value is -0.800. The van der Waals surface area contributed by atoms with Gasteiger partial charge in [0.1, 0.15) is 0 Å². The van der Waals surface area contributed by atoms with Crippen molar-refractivity contribution in [1.82, 2.24) is 0 Å². The third kappa shape index (κ3) is 4.70. The molecular formula is C9H17NO3. The van der Waals surface area contributed by atoms with E-state index in [0.717, 1.165) is 18.8 Å². The molecule has 0 saturated heterocycles. The molecule has 0 aromatic carbocycles. The first kappa shape index (κ1) is 10.3. The first-order chi connectivity index (χ1) is 6.29. The fourth-order valence-corrected chi connectivity index (χ4v) is 1.97. The summed E-state index contributed by atoms with van der Waals surface area (Å²) >= 11 is 0. The second-order valence-electron chi connectivity index (χ2n) is 3.70. The van der Waals surface area contributed by atoms with Gasteiger partial charge in [-0.25, -0.2) is 0 Å². The lowest BCUT2D eigenvalue weighted by atomic mass is 10.0. The van der Waals surface area contributed by atoms with E-state index in [4.69, 9.17) is 0 Å². The molecule has 13 heavy (non-hydrogen) atoms. The SMILES string of the molecule is O=[N+]([O-])OCCCCC1CCCC1. The van der Waals surface area contributed by atoms with Gasteiger partial charge >= 0.3 is 0 Å². The molecule has 0 N–H and O–H groups in total. The van der Waals surface area contributed by atoms with E-state index in [1.54, 1.807) is 0 Å². The van der Waals surface area contributed by atoms with Gasteiger partial charge in [-0.1, -0.05) is 38.5 Å². The Morgan fingerprint density at radius 2 is 2.00 bits per heavy atom. The van der Waals surface area contributed by atoms with Gasteiger partial charge in [0.2, 0.25) is 0 Å². The van der Waals surface area contributed by atoms with Crippen LogP contribution in [0.1, 0.15) is 44.9 Å². The lowest BCUT2D eigenvalue weighted by molar-refractivity contribution is -0.757. The highest BCUT2D eigenvalue weighted by Gasteiger charge is 2.13. The summed E-state index contributed by atoms with van der Waals surface area (Å²) in [7, 11) is 0. The predicted octanol–water partition coefficient (Wildman–Crippen LogP) is 2.56. The molecule has 0 bridgehead atoms. The van der Waals surface area contributed by atoms with E-state index in [-0.39, 0.29) is 6.61 Å². The fraction of sp³-hybridized carbons (Fsp3) is 1.00. The molecule has 0 spiro atoms. The molecule has 0 unspecified atom stereocenters. The van der Waals surface area contributed by atoms with E-state index in [1.165, 1.54) is 32.1 Å². The first-order valence-corrected chi connectivity index (χ1v) is 5.06. The molecule has 0 atom stereocenters. The second-order valence-corrected chi connectivity index (χ2v) is 3.70. The van der Waals surface area contributed by atoms with Gasteiger partial charge in [0.05, 0.1) is 6.61 Å². The quantitative estimate of drug-likeness (QED) is 0.365. The number of nitrogens with zero attached hydrogens (tertiary/aromatic N) is 1. The van der Waals surface area contributed by atoms with E-state index >= 15 is 0 Å². The summed E-state index contributed by atoms with van der Waals surface area (Å²) in [5.74, 6) is 0.885. The molecule has 0 amide bonds. The Kier molecular flexibility index (Phi) is 4.57. The third-order valence-electron chi connectivity index (χ3n) is 2.68. The highest BCUT2D eigenvalue weighted by molar-refractivity contribution is 4.66. The van der Waals surface area contributed by atoms with Crippen LogP contribution in [-0.2, 0) is 4.84 Å². The van der Waals surface area contributed by atoms with Gasteiger partial charge in [0.25, 0.3) is 5.09 Å². The van der Waals surface area contributed by atoms with Crippen LogP contribution in [0.2, 0.25) is 0 Å². The van der Waals surface area contributed by atoms with Crippen molar-refractivity contribution in [3.8, 4) is 0 Å². The van der Waals surface area contributed by atoms with Crippen LogP contribution in [0.25, 0.3) is 0 Å². The number of hydrogen-bond donors (Lipinski definition) is 0. The molecule has 0 aliphatic heterocycles. The first-order valence-electron chi connectivity index (χ1n) is 5.06. The lowest BCUT2D eigenvalue weighted by Gasteiger charge is -2.07. The van der Waals surface area contributed by atoms with Crippen LogP contribution in [0.5, 0.6) is 0 Å². The highest BCUT2D eigenvalue weighted by atomic mass is 16.9. The Labute approximate surface area is 78.4 Å². The van der Waals surface area contributed by atoms with Crippen molar-refractivity contribution < 1.29 is 9.92 Å². The zero-order valence-electron chi connectivity index (χ0n) is 7.91. The average Bonchev–Trinajstić information content (AvgIpc) is 2.55. The van der Waals surface area contributed by atoms with Gasteiger partial charge in [0, 0.05) is 0 Å². The highest BCUT2D eigenvalue weighted by Crippen LogP contribution is 2.28. The van der Waals surface area contributed by atoms with Gasteiger partial charge in [-0.2, -0.15) is 0 Å². The van der Waals surface area contributed by atoms with E-state index in [2.05, 4.69) is 4.84 Å². The van der Waals surface area contributed by atoms with Crippen molar-refractivity contribution in [1.29, 1.82) is 0 Å². The van der Waals surface area contributed by atoms with Crippen LogP contribution in [-0.4, -0.2) is 11.7 Å². The second kappa shape index (κ2) is 5.78. The summed E-state index contributed by atoms with van der Waals surface area (Å²) in [5, 5.41) is 9.09. The van der Waals surface area contributed by atoms with Crippen LogP contribution in [0.4, 0.5) is 0 Å². The molecule has 1 aliphatic rings. The molecule has 0 aromatic rings. The van der Waals surface area contributed by atoms with Crippen LogP contribution in [0.3, 0.4) is 0 Å². The summed E-state index contributed by atoms with van der Waals surface area (Å²) in [6, 6.07) is 0. The van der Waals surface area contributed by atoms with Crippen molar-refractivity contribution in [3.63, 3.8) is 0 Å². The summed E-state index contributed by atoms with van der Waals surface area (Å²) in [6.07, 6.45) is 8.56. The summed E-state index contributed by atoms with van der Waals surface area (Å²) in [6.45, 7) is 0.264. The molecule has 1 aliphatic carbocycles. The maximum atomic E-state index is 9.80. The van der Waals surface area contributed by atoms with Crippen LogP contribution >= 0.6 is 0 Å². The molecule has 4 nitrogen and oxygen atoms in total. The minimum atomic E-state index is -0.713. The van der Waals surface area contributed by atoms with Crippen molar-refractivity contribution in [2.45, 2.75) is 44.9 Å². The molecule has 76 valence electrons. The van der Waals surface area contributed by atoms with E-state index in [1.807, 2.05) is 0 Å². The normalized spacial score (nSPS) is 17.5. The number of unbranched alkanes of at least 4 members (excludes halogenated alkanes) is 1. The summed E-state index contributed by atoms with van der Waals surface area (Å²) < 4.78 is 0. The monoisotopic (exact) mass is 187 g/mol. The van der Waals surface area contributed by atoms with Crippen molar-refractivity contribution >= 4 is 0 Å². The molecule has 1 rings (SSSR count). The molecule has 0 radical (unpaired) electrons. The molecule has 1 fully saturated rings. The lowest BCUT2D eigenvalue weighted by Crippen LogP contribution is -2.02. The van der Waals surface area contributed by atoms with E-state index in [9.17, 15) is 10.1 Å². The number of hydrogen-bond acceptors (Lipinski definition) is 3. The predicted molar refractivity (Wildman–Crippen MR) is 48.8 cm³/mol. The standard InChI is InChI=1S/C9H17NO3/c11-10(12)13-8-4-3-7-9-5-1-2-6-9/h9H,1-8H2. The maximum Gasteiger partial charge on any atom is 0.294 e. The van der Waals surface area contributed by atoms with E-state index in [0.29, 0.717) is 0 Å². The molecule has 1 saturated carbocycles. The topological polar surface area (TPSA) is 52.4 Å². The summed E-state index contributed by atoms with van der Waals surface area (Å²) in [5.41, 5.74) is 0. The summed E-state index contributed by atoms with van der Waals surface area (Å²) in [4.78, 5) is 14.0. The largest absolute Gasteiger partial charge is 0.314 e. The van der Waals surface area contributed by atoms with Crippen molar-refractivity contribution in [2.24, 2.45) is 5.92 Å². The van der Waals surface area contributed by atoms with Crippen LogP contribution < -0.4 is 0 Å². The minimum absolute atomic E-state index is 0.264. The average molecular weight is 187 g/mol. The molecular weight excluding hydrogens is 170 g/mol. The van der Waals surface area contributed by atoms with E-state index < -0.39 is 5.09 Å². The zero-order chi connectivity index (χ0) is 9.52. The molecule has 4 heteroatoms. The molecule has 0 heterocycles. The Morgan fingerprint density at radius 1 is 1.31 bits per heavy atom. The fourth-order valence-electron chi connectivity index (χ4n) is 1.97.